The van der Waals surface area contributed by atoms with E-state index in [4.69, 9.17) is 0 Å². The van der Waals surface area contributed by atoms with Gasteiger partial charge in [0.15, 0.2) is 0 Å². The predicted octanol–water partition coefficient (Wildman–Crippen LogP) is 3.81. The van der Waals surface area contributed by atoms with Crippen molar-refractivity contribution in [3.63, 3.8) is 0 Å². The Morgan fingerprint density at radius 2 is 1.88 bits per heavy atom. The van der Waals surface area contributed by atoms with Crippen LogP contribution in [0.15, 0.2) is 70.0 Å². The zero-order valence-electron chi connectivity index (χ0n) is 18.3. The summed E-state index contributed by atoms with van der Waals surface area (Å²) in [5, 5.41) is 7.50. The lowest BCUT2D eigenvalue weighted by Crippen LogP contribution is -2.20. The van der Waals surface area contributed by atoms with Crippen molar-refractivity contribution in [1.29, 1.82) is 0 Å². The van der Waals surface area contributed by atoms with Crippen molar-refractivity contribution < 1.29 is 13.2 Å². The summed E-state index contributed by atoms with van der Waals surface area (Å²) in [6, 6.07) is 17.5. The Hall–Kier alpha value is -3.46. The number of sulfonamides is 1. The number of aromatic nitrogens is 2. The van der Waals surface area contributed by atoms with Crippen molar-refractivity contribution >= 4 is 27.5 Å². The minimum atomic E-state index is -3.87. The summed E-state index contributed by atoms with van der Waals surface area (Å²) < 4.78 is 31.3. The van der Waals surface area contributed by atoms with Crippen LogP contribution in [-0.4, -0.2) is 48.4 Å². The predicted molar refractivity (Wildman–Crippen MR) is 126 cm³/mol. The molecule has 1 saturated carbocycles. The molecule has 170 valence electrons. The normalized spacial score (nSPS) is 17.5. The van der Waals surface area contributed by atoms with Crippen molar-refractivity contribution in [1.82, 2.24) is 14.7 Å². The smallest absolute Gasteiger partial charge is 0.284 e. The number of carbonyl (C=O) groups excluding carboxylic acids is 1. The number of nitrogens with zero attached hydrogens (tertiary/aromatic N) is 4. The molecule has 2 aliphatic rings. The van der Waals surface area contributed by atoms with Crippen LogP contribution in [0.4, 0.5) is 5.69 Å². The fourth-order valence-corrected chi connectivity index (χ4v) is 5.08. The molecule has 2 fully saturated rings. The maximum Gasteiger partial charge on any atom is 0.284 e. The number of anilines is 1. The molecular formula is C24H25N5O3S. The average Bonchev–Trinajstić information content (AvgIpc) is 3.44. The van der Waals surface area contributed by atoms with Crippen LogP contribution >= 0.6 is 0 Å². The number of rotatable bonds is 6. The lowest BCUT2D eigenvalue weighted by molar-refractivity contribution is 0.101. The van der Waals surface area contributed by atoms with E-state index in [1.54, 1.807) is 16.8 Å². The van der Waals surface area contributed by atoms with E-state index in [2.05, 4.69) is 14.8 Å². The molecule has 5 rings (SSSR count). The van der Waals surface area contributed by atoms with Gasteiger partial charge in [-0.3, -0.25) is 4.79 Å². The molecule has 0 unspecified atom stereocenters. The van der Waals surface area contributed by atoms with Crippen LogP contribution < -0.4 is 5.32 Å². The third kappa shape index (κ3) is 4.54. The number of carbonyl (C=O) groups is 1. The van der Waals surface area contributed by atoms with Gasteiger partial charge in [-0.05, 0) is 55.7 Å². The summed E-state index contributed by atoms with van der Waals surface area (Å²) in [7, 11) is -2.04. The molecule has 9 heteroatoms. The van der Waals surface area contributed by atoms with Gasteiger partial charge in [-0.2, -0.15) is 13.5 Å². The van der Waals surface area contributed by atoms with E-state index in [1.807, 2.05) is 48.3 Å². The van der Waals surface area contributed by atoms with E-state index < -0.39 is 10.0 Å². The van der Waals surface area contributed by atoms with Crippen molar-refractivity contribution in [3.05, 3.63) is 72.1 Å². The Morgan fingerprint density at radius 1 is 1.09 bits per heavy atom. The second-order valence-corrected chi connectivity index (χ2v) is 10.1. The van der Waals surface area contributed by atoms with E-state index in [0.717, 1.165) is 37.2 Å². The molecule has 1 aliphatic carbocycles. The third-order valence-electron chi connectivity index (χ3n) is 5.91. The first-order chi connectivity index (χ1) is 15.9. The van der Waals surface area contributed by atoms with Gasteiger partial charge in [-0.15, -0.1) is 4.40 Å². The number of hydrogen-bond donors (Lipinski definition) is 1. The van der Waals surface area contributed by atoms with Gasteiger partial charge in [-0.1, -0.05) is 24.3 Å². The van der Waals surface area contributed by atoms with Crippen molar-refractivity contribution in [2.24, 2.45) is 4.40 Å². The summed E-state index contributed by atoms with van der Waals surface area (Å²) in [6.45, 7) is 0.794. The SMILES string of the molecule is CN1CCC/C1=N\S(=O)(=O)c1cccc(NC(=O)c2cc(C3CC3)nn2-c2ccccc2)c1. The number of amides is 1. The van der Waals surface area contributed by atoms with E-state index in [0.29, 0.717) is 29.6 Å². The van der Waals surface area contributed by atoms with Crippen LogP contribution in [0.1, 0.15) is 47.8 Å². The van der Waals surface area contributed by atoms with E-state index in [1.165, 1.54) is 12.1 Å². The van der Waals surface area contributed by atoms with Crippen LogP contribution in [0.2, 0.25) is 0 Å². The Labute approximate surface area is 193 Å². The van der Waals surface area contributed by atoms with Crippen LogP contribution in [-0.2, 0) is 10.0 Å². The molecule has 1 saturated heterocycles. The minimum Gasteiger partial charge on any atom is -0.362 e. The second kappa shape index (κ2) is 8.47. The standard InChI is InChI=1S/C24H25N5O3S/c1-28-14-6-11-23(28)27-33(31,32)20-10-5-7-18(15-20)25-24(30)22-16-21(17-12-13-17)26-29(22)19-8-3-2-4-9-19/h2-5,7-10,15-17H,6,11-14H2,1H3,(H,25,30)/b27-23+. The van der Waals surface area contributed by atoms with Gasteiger partial charge >= 0.3 is 0 Å². The number of para-hydroxylation sites is 1. The van der Waals surface area contributed by atoms with Gasteiger partial charge in [0.1, 0.15) is 11.5 Å². The lowest BCUT2D eigenvalue weighted by atomic mass is 10.2. The molecule has 1 N–H and O–H groups in total. The monoisotopic (exact) mass is 463 g/mol. The largest absolute Gasteiger partial charge is 0.362 e. The zero-order chi connectivity index (χ0) is 23.0. The fourth-order valence-electron chi connectivity index (χ4n) is 3.94. The first-order valence-corrected chi connectivity index (χ1v) is 12.5. The van der Waals surface area contributed by atoms with E-state index in [9.17, 15) is 13.2 Å². The molecule has 3 aromatic rings. The summed E-state index contributed by atoms with van der Waals surface area (Å²) >= 11 is 0. The molecule has 0 spiro atoms. The molecule has 1 aromatic heterocycles. The maximum absolute atomic E-state index is 13.2. The number of benzene rings is 2. The van der Waals surface area contributed by atoms with Gasteiger partial charge < -0.3 is 10.2 Å². The minimum absolute atomic E-state index is 0.0448. The van der Waals surface area contributed by atoms with E-state index >= 15 is 0 Å². The quantitative estimate of drug-likeness (QED) is 0.600. The van der Waals surface area contributed by atoms with Crippen LogP contribution in [0, 0.1) is 0 Å². The number of likely N-dealkylation sites (tertiary alicyclic amines) is 1. The highest BCUT2D eigenvalue weighted by molar-refractivity contribution is 7.90. The van der Waals surface area contributed by atoms with Crippen molar-refractivity contribution in [2.75, 3.05) is 18.9 Å². The van der Waals surface area contributed by atoms with Gasteiger partial charge in [0.25, 0.3) is 15.9 Å². The highest BCUT2D eigenvalue weighted by atomic mass is 32.2. The molecule has 33 heavy (non-hydrogen) atoms. The van der Waals surface area contributed by atoms with Gasteiger partial charge in [0, 0.05) is 31.6 Å². The molecule has 0 atom stereocenters. The molecule has 2 heterocycles. The van der Waals surface area contributed by atoms with Crippen molar-refractivity contribution in [2.45, 2.75) is 36.5 Å². The lowest BCUT2D eigenvalue weighted by Gasteiger charge is -2.11. The molecule has 0 radical (unpaired) electrons. The Kier molecular flexibility index (Phi) is 5.49. The topological polar surface area (TPSA) is 96.7 Å². The highest BCUT2D eigenvalue weighted by Crippen LogP contribution is 2.39. The van der Waals surface area contributed by atoms with Crippen LogP contribution in [0.5, 0.6) is 0 Å². The van der Waals surface area contributed by atoms with Crippen LogP contribution in [0.3, 0.4) is 0 Å². The molecule has 2 aromatic carbocycles. The summed E-state index contributed by atoms with van der Waals surface area (Å²) in [5.74, 6) is 0.598. The van der Waals surface area contributed by atoms with Crippen molar-refractivity contribution in [3.8, 4) is 5.69 Å². The summed E-state index contributed by atoms with van der Waals surface area (Å²) in [4.78, 5) is 15.1. The molecular weight excluding hydrogens is 438 g/mol. The molecule has 0 bridgehead atoms. The van der Waals surface area contributed by atoms with Crippen LogP contribution in [0.25, 0.3) is 5.69 Å². The number of nitrogens with one attached hydrogen (secondary N) is 1. The van der Waals surface area contributed by atoms with Gasteiger partial charge in [-0.25, -0.2) is 4.68 Å². The average molecular weight is 464 g/mol. The second-order valence-electron chi connectivity index (χ2n) is 8.47. The first kappa shape index (κ1) is 21.4. The highest BCUT2D eigenvalue weighted by Gasteiger charge is 2.29. The van der Waals surface area contributed by atoms with Gasteiger partial charge in [0.2, 0.25) is 0 Å². The third-order valence-corrected chi connectivity index (χ3v) is 7.21. The molecule has 1 aliphatic heterocycles. The Morgan fingerprint density at radius 3 is 2.58 bits per heavy atom. The first-order valence-electron chi connectivity index (χ1n) is 11.0. The maximum atomic E-state index is 13.2. The van der Waals surface area contributed by atoms with Gasteiger partial charge in [0.05, 0.1) is 16.3 Å². The number of amidine groups is 1. The van der Waals surface area contributed by atoms with E-state index in [-0.39, 0.29) is 10.8 Å². The molecule has 8 nitrogen and oxygen atoms in total. The Bertz CT molecular complexity index is 1330. The number of hydrogen-bond acceptors (Lipinski definition) is 4. The zero-order valence-corrected chi connectivity index (χ0v) is 19.1. The Balaban J connectivity index is 1.42. The fraction of sp³-hybridized carbons (Fsp3) is 0.292. The molecule has 1 amide bonds. The summed E-state index contributed by atoms with van der Waals surface area (Å²) in [5.41, 5.74) is 2.48. The summed E-state index contributed by atoms with van der Waals surface area (Å²) in [6.07, 6.45) is 3.67.